The minimum atomic E-state index is -0.625. The maximum absolute atomic E-state index is 12.5. The van der Waals surface area contributed by atoms with E-state index < -0.39 is 5.54 Å². The molecule has 1 aliphatic carbocycles. The molecule has 140 valence electrons. The summed E-state index contributed by atoms with van der Waals surface area (Å²) in [5.74, 6) is 1.65. The van der Waals surface area contributed by atoms with E-state index in [-0.39, 0.29) is 18.3 Å². The smallest absolute Gasteiger partial charge is 0.235 e. The van der Waals surface area contributed by atoms with E-state index in [1.807, 2.05) is 0 Å². The average Bonchev–Trinajstić information content (AvgIpc) is 3.02. The molecule has 7 heteroatoms. The number of halogens is 1. The third-order valence-electron chi connectivity index (χ3n) is 5.64. The van der Waals surface area contributed by atoms with E-state index in [9.17, 15) is 10.1 Å². The molecule has 1 saturated heterocycles. The maximum Gasteiger partial charge on any atom is 0.235 e. The van der Waals surface area contributed by atoms with E-state index >= 15 is 0 Å². The lowest BCUT2D eigenvalue weighted by Crippen LogP contribution is -2.53. The second kappa shape index (κ2) is 8.86. The zero-order chi connectivity index (χ0) is 17.0. The van der Waals surface area contributed by atoms with Crippen LogP contribution in [0.1, 0.15) is 44.9 Å². The number of carbonyl (C=O) groups excluding carboxylic acids is 1. The Hall–Kier alpha value is -1.32. The van der Waals surface area contributed by atoms with Gasteiger partial charge >= 0.3 is 0 Å². The minimum Gasteiger partial charge on any atom is -0.361 e. The first-order chi connectivity index (χ1) is 11.6. The van der Waals surface area contributed by atoms with Crippen molar-refractivity contribution in [2.75, 3.05) is 39.8 Å². The van der Waals surface area contributed by atoms with Gasteiger partial charge in [-0.3, -0.25) is 14.7 Å². The van der Waals surface area contributed by atoms with Gasteiger partial charge in [0.1, 0.15) is 11.4 Å². The molecule has 3 rings (SSSR count). The van der Waals surface area contributed by atoms with E-state index in [1.165, 1.54) is 12.3 Å². The topological polar surface area (TPSA) is 71.7 Å². The molecule has 0 aromatic rings. The van der Waals surface area contributed by atoms with Crippen LogP contribution in [0.4, 0.5) is 0 Å². The summed E-state index contributed by atoms with van der Waals surface area (Å²) < 4.78 is 0. The number of likely N-dealkylation sites (tertiary alicyclic amines) is 1. The summed E-state index contributed by atoms with van der Waals surface area (Å²) in [5, 5.41) is 12.6. The second-order valence-corrected chi connectivity index (χ2v) is 7.54. The third-order valence-corrected chi connectivity index (χ3v) is 5.64. The Balaban J connectivity index is 0.00000225. The number of piperidine rings is 1. The molecule has 1 amide bonds. The van der Waals surface area contributed by atoms with Gasteiger partial charge in [0.15, 0.2) is 0 Å². The van der Waals surface area contributed by atoms with E-state index in [0.29, 0.717) is 12.5 Å². The fourth-order valence-corrected chi connectivity index (χ4v) is 4.33. The number of rotatable bonds is 4. The van der Waals surface area contributed by atoms with Crippen molar-refractivity contribution in [2.45, 2.75) is 50.5 Å². The molecule has 0 aromatic carbocycles. The van der Waals surface area contributed by atoms with Crippen molar-refractivity contribution in [2.24, 2.45) is 10.9 Å². The number of amides is 1. The Morgan fingerprint density at radius 3 is 2.72 bits per heavy atom. The highest BCUT2D eigenvalue weighted by molar-refractivity contribution is 5.86. The highest BCUT2D eigenvalue weighted by Gasteiger charge is 2.35. The summed E-state index contributed by atoms with van der Waals surface area (Å²) in [6.07, 6.45) is 7.08. The van der Waals surface area contributed by atoms with Gasteiger partial charge in [0, 0.05) is 26.1 Å². The Labute approximate surface area is 157 Å². The first kappa shape index (κ1) is 20.0. The van der Waals surface area contributed by atoms with Crippen molar-refractivity contribution in [3.8, 4) is 6.07 Å². The van der Waals surface area contributed by atoms with Crippen LogP contribution in [0, 0.1) is 17.2 Å². The molecule has 1 N–H and O–H groups in total. The molecule has 1 atom stereocenters. The number of aliphatic imine (C=N–C) groups is 1. The van der Waals surface area contributed by atoms with Gasteiger partial charge in [-0.25, -0.2) is 0 Å². The van der Waals surface area contributed by atoms with Crippen LogP contribution in [-0.4, -0.2) is 66.9 Å². The molecule has 6 nitrogen and oxygen atoms in total. The Kier molecular flexibility index (Phi) is 7.09. The summed E-state index contributed by atoms with van der Waals surface area (Å²) in [5.41, 5.74) is -0.625. The van der Waals surface area contributed by atoms with Crippen molar-refractivity contribution in [1.29, 1.82) is 5.26 Å². The molecule has 25 heavy (non-hydrogen) atoms. The number of nitrogens with zero attached hydrogens (tertiary/aromatic N) is 4. The molecule has 0 spiro atoms. The monoisotopic (exact) mass is 367 g/mol. The first-order valence-corrected chi connectivity index (χ1v) is 9.32. The SMILES string of the molecule is CN1CCN=C1C1CCCN(CC(=O)NC2(C#N)CCCCC2)C1.Cl. The number of carbonyl (C=O) groups is 1. The summed E-state index contributed by atoms with van der Waals surface area (Å²) in [6.45, 7) is 4.16. The van der Waals surface area contributed by atoms with Gasteiger partial charge in [0.25, 0.3) is 0 Å². The summed E-state index contributed by atoms with van der Waals surface area (Å²) >= 11 is 0. The van der Waals surface area contributed by atoms with Crippen LogP contribution in [0.25, 0.3) is 0 Å². The highest BCUT2D eigenvalue weighted by atomic mass is 35.5. The standard InChI is InChI=1S/C18H29N5O.ClH/c1-22-11-9-20-17(22)15-6-5-10-23(12-15)13-16(24)21-18(14-19)7-3-2-4-8-18;/h15H,2-13H2,1H3,(H,21,24);1H. The van der Waals surface area contributed by atoms with Gasteiger partial charge < -0.3 is 10.2 Å². The van der Waals surface area contributed by atoms with Gasteiger partial charge in [-0.1, -0.05) is 19.3 Å². The zero-order valence-electron chi connectivity index (χ0n) is 15.2. The van der Waals surface area contributed by atoms with E-state index in [2.05, 4.69) is 33.2 Å². The quantitative estimate of drug-likeness (QED) is 0.822. The second-order valence-electron chi connectivity index (χ2n) is 7.54. The van der Waals surface area contributed by atoms with Crippen molar-refractivity contribution in [3.05, 3.63) is 0 Å². The molecular formula is C18H30ClN5O. The van der Waals surface area contributed by atoms with Crippen LogP contribution in [-0.2, 0) is 4.79 Å². The number of nitriles is 1. The molecule has 0 radical (unpaired) electrons. The summed E-state index contributed by atoms with van der Waals surface area (Å²) in [7, 11) is 2.11. The molecule has 0 bridgehead atoms. The largest absolute Gasteiger partial charge is 0.361 e. The predicted octanol–water partition coefficient (Wildman–Crippen LogP) is 1.81. The van der Waals surface area contributed by atoms with Crippen LogP contribution in [0.15, 0.2) is 4.99 Å². The van der Waals surface area contributed by atoms with Gasteiger partial charge in [0.05, 0.1) is 19.2 Å². The van der Waals surface area contributed by atoms with Crippen molar-refractivity contribution < 1.29 is 4.79 Å². The van der Waals surface area contributed by atoms with Crippen LogP contribution in [0.2, 0.25) is 0 Å². The molecule has 2 fully saturated rings. The average molecular weight is 368 g/mol. The molecule has 2 heterocycles. The number of nitrogens with one attached hydrogen (secondary N) is 1. The lowest BCUT2D eigenvalue weighted by atomic mass is 9.83. The molecule has 2 aliphatic heterocycles. The maximum atomic E-state index is 12.5. The molecule has 3 aliphatic rings. The zero-order valence-corrected chi connectivity index (χ0v) is 16.0. The highest BCUT2D eigenvalue weighted by Crippen LogP contribution is 2.27. The normalized spacial score (nSPS) is 26.3. The minimum absolute atomic E-state index is 0. The number of amidine groups is 1. The Bertz CT molecular complexity index is 538. The van der Waals surface area contributed by atoms with Crippen LogP contribution >= 0.6 is 12.4 Å². The Morgan fingerprint density at radius 1 is 1.32 bits per heavy atom. The lowest BCUT2D eigenvalue weighted by Gasteiger charge is -2.36. The lowest BCUT2D eigenvalue weighted by molar-refractivity contribution is -0.124. The van der Waals surface area contributed by atoms with Crippen LogP contribution in [0.5, 0.6) is 0 Å². The Morgan fingerprint density at radius 2 is 2.08 bits per heavy atom. The van der Waals surface area contributed by atoms with E-state index in [4.69, 9.17) is 0 Å². The van der Waals surface area contributed by atoms with Crippen molar-refractivity contribution >= 4 is 24.1 Å². The van der Waals surface area contributed by atoms with Gasteiger partial charge in [0.2, 0.25) is 5.91 Å². The third kappa shape index (κ3) is 4.86. The molecule has 1 unspecified atom stereocenters. The van der Waals surface area contributed by atoms with E-state index in [1.54, 1.807) is 0 Å². The van der Waals surface area contributed by atoms with Gasteiger partial charge in [-0.05, 0) is 32.2 Å². The van der Waals surface area contributed by atoms with Crippen LogP contribution in [0.3, 0.4) is 0 Å². The molecular weight excluding hydrogens is 338 g/mol. The number of likely N-dealkylation sites (N-methyl/N-ethyl adjacent to an activating group) is 1. The fraction of sp³-hybridized carbons (Fsp3) is 0.833. The summed E-state index contributed by atoms with van der Waals surface area (Å²) in [4.78, 5) is 21.6. The van der Waals surface area contributed by atoms with Crippen LogP contribution < -0.4 is 5.32 Å². The van der Waals surface area contributed by atoms with Gasteiger partial charge in [-0.2, -0.15) is 5.26 Å². The van der Waals surface area contributed by atoms with Crippen molar-refractivity contribution in [1.82, 2.24) is 15.1 Å². The van der Waals surface area contributed by atoms with Gasteiger partial charge in [-0.15, -0.1) is 12.4 Å². The first-order valence-electron chi connectivity index (χ1n) is 9.32. The number of hydrogen-bond acceptors (Lipinski definition) is 5. The molecule has 0 aromatic heterocycles. The summed E-state index contributed by atoms with van der Waals surface area (Å²) in [6, 6.07) is 2.37. The van der Waals surface area contributed by atoms with E-state index in [0.717, 1.165) is 64.7 Å². The fourth-order valence-electron chi connectivity index (χ4n) is 4.33. The predicted molar refractivity (Wildman–Crippen MR) is 101 cm³/mol. The number of hydrogen-bond donors (Lipinski definition) is 1. The van der Waals surface area contributed by atoms with Crippen molar-refractivity contribution in [3.63, 3.8) is 0 Å². The molecule has 1 saturated carbocycles.